The fraction of sp³-hybridized carbons (Fsp3) is 0.462. The number of hydrogen-bond donors (Lipinski definition) is 1. The summed E-state index contributed by atoms with van der Waals surface area (Å²) in [5.74, 6) is 1.30. The highest BCUT2D eigenvalue weighted by molar-refractivity contribution is 9.10. The van der Waals surface area contributed by atoms with Crippen LogP contribution in [0.15, 0.2) is 26.1 Å². The van der Waals surface area contributed by atoms with Crippen molar-refractivity contribution in [3.63, 3.8) is 0 Å². The van der Waals surface area contributed by atoms with Crippen LogP contribution in [-0.2, 0) is 11.3 Å². The molecule has 1 N–H and O–H groups in total. The molecule has 114 valence electrons. The minimum absolute atomic E-state index is 0.175. The van der Waals surface area contributed by atoms with Gasteiger partial charge < -0.3 is 14.5 Å². The lowest BCUT2D eigenvalue weighted by atomic mass is 10.3. The van der Waals surface area contributed by atoms with Gasteiger partial charge in [-0.2, -0.15) is 5.10 Å². The van der Waals surface area contributed by atoms with Crippen LogP contribution in [0.3, 0.4) is 0 Å². The molecular formula is C13H17BrN4O3. The average molecular weight is 357 g/mol. The molecule has 2 heterocycles. The van der Waals surface area contributed by atoms with Crippen molar-refractivity contribution in [2.45, 2.75) is 26.4 Å². The second-order valence-electron chi connectivity index (χ2n) is 4.57. The summed E-state index contributed by atoms with van der Waals surface area (Å²) in [5, 5.41) is 7.26. The quantitative estimate of drug-likeness (QED) is 0.853. The lowest BCUT2D eigenvalue weighted by molar-refractivity contribution is 0.181. The summed E-state index contributed by atoms with van der Waals surface area (Å²) < 4.78 is 12.2. The van der Waals surface area contributed by atoms with Crippen molar-refractivity contribution < 1.29 is 9.15 Å². The van der Waals surface area contributed by atoms with Gasteiger partial charge in [0.05, 0.1) is 31.2 Å². The number of rotatable bonds is 6. The largest absolute Gasteiger partial charge is 0.444 e. The molecule has 8 heteroatoms. The Morgan fingerprint density at radius 2 is 2.29 bits per heavy atom. The van der Waals surface area contributed by atoms with Crippen molar-refractivity contribution in [2.75, 3.05) is 19.0 Å². The molecule has 2 aromatic rings. The highest BCUT2D eigenvalue weighted by Crippen LogP contribution is 2.22. The maximum Gasteiger partial charge on any atom is 0.283 e. The van der Waals surface area contributed by atoms with Crippen LogP contribution in [-0.4, -0.2) is 28.5 Å². The fourth-order valence-electron chi connectivity index (χ4n) is 1.77. The Balaban J connectivity index is 2.17. The summed E-state index contributed by atoms with van der Waals surface area (Å²) >= 11 is 3.30. The van der Waals surface area contributed by atoms with Crippen molar-refractivity contribution in [2.24, 2.45) is 0 Å². The number of nitrogens with one attached hydrogen (secondary N) is 1. The zero-order chi connectivity index (χ0) is 15.4. The van der Waals surface area contributed by atoms with Crippen molar-refractivity contribution in [3.05, 3.63) is 38.9 Å². The predicted molar refractivity (Wildman–Crippen MR) is 81.4 cm³/mol. The Morgan fingerprint density at radius 1 is 1.52 bits per heavy atom. The van der Waals surface area contributed by atoms with Gasteiger partial charge in [0.2, 0.25) is 5.89 Å². The molecule has 0 aromatic carbocycles. The summed E-state index contributed by atoms with van der Waals surface area (Å²) in [6, 6.07) is -0.175. The van der Waals surface area contributed by atoms with E-state index in [2.05, 4.69) is 31.3 Å². The Kier molecular flexibility index (Phi) is 5.13. The summed E-state index contributed by atoms with van der Waals surface area (Å²) in [6.07, 6.45) is 3.25. The van der Waals surface area contributed by atoms with Gasteiger partial charge in [-0.3, -0.25) is 4.79 Å². The van der Waals surface area contributed by atoms with Gasteiger partial charge >= 0.3 is 0 Å². The van der Waals surface area contributed by atoms with Crippen LogP contribution in [0.4, 0.5) is 5.69 Å². The fourth-order valence-corrected chi connectivity index (χ4v) is 2.19. The number of hydrogen-bond acceptors (Lipinski definition) is 6. The zero-order valence-electron chi connectivity index (χ0n) is 12.1. The molecule has 0 saturated carbocycles. The molecule has 7 nitrogen and oxygen atoms in total. The van der Waals surface area contributed by atoms with E-state index in [1.807, 2.05) is 13.8 Å². The molecule has 0 amide bonds. The van der Waals surface area contributed by atoms with Crippen LogP contribution in [0.25, 0.3) is 0 Å². The third-order valence-corrected chi connectivity index (χ3v) is 3.64. The molecule has 0 spiro atoms. The van der Waals surface area contributed by atoms with E-state index in [1.165, 1.54) is 4.68 Å². The molecule has 0 aliphatic carbocycles. The van der Waals surface area contributed by atoms with Crippen LogP contribution < -0.4 is 10.9 Å². The Hall–Kier alpha value is -1.67. The number of aryl methyl sites for hydroxylation is 1. The van der Waals surface area contributed by atoms with E-state index >= 15 is 0 Å². The maximum absolute atomic E-state index is 12.1. The van der Waals surface area contributed by atoms with E-state index in [9.17, 15) is 4.79 Å². The smallest absolute Gasteiger partial charge is 0.283 e. The summed E-state index contributed by atoms with van der Waals surface area (Å²) in [7, 11) is 1.58. The lowest BCUT2D eigenvalue weighted by Crippen LogP contribution is -2.26. The number of aromatic nitrogens is 3. The van der Waals surface area contributed by atoms with Crippen LogP contribution in [0.1, 0.15) is 24.6 Å². The Labute approximate surface area is 130 Å². The van der Waals surface area contributed by atoms with Gasteiger partial charge in [-0.1, -0.05) is 0 Å². The molecule has 0 bridgehead atoms. The van der Waals surface area contributed by atoms with Crippen molar-refractivity contribution in [1.82, 2.24) is 14.8 Å². The van der Waals surface area contributed by atoms with Gasteiger partial charge in [0, 0.05) is 7.11 Å². The van der Waals surface area contributed by atoms with Gasteiger partial charge in [0.15, 0.2) is 0 Å². The summed E-state index contributed by atoms with van der Waals surface area (Å²) in [5.41, 5.74) is 0.379. The molecule has 21 heavy (non-hydrogen) atoms. The number of methoxy groups -OCH3 is 1. The van der Waals surface area contributed by atoms with E-state index in [0.717, 1.165) is 5.76 Å². The van der Waals surface area contributed by atoms with Crippen molar-refractivity contribution in [1.29, 1.82) is 0 Å². The van der Waals surface area contributed by atoms with Crippen molar-refractivity contribution >= 4 is 21.6 Å². The minimum atomic E-state index is -0.215. The molecular weight excluding hydrogens is 340 g/mol. The van der Waals surface area contributed by atoms with Gasteiger partial charge in [-0.15, -0.1) is 0 Å². The van der Waals surface area contributed by atoms with Crippen molar-refractivity contribution in [3.8, 4) is 0 Å². The minimum Gasteiger partial charge on any atom is -0.444 e. The second-order valence-corrected chi connectivity index (χ2v) is 5.36. The predicted octanol–water partition coefficient (Wildman–Crippen LogP) is 2.12. The molecule has 0 saturated heterocycles. The first kappa shape index (κ1) is 15.7. The first-order chi connectivity index (χ1) is 10.0. The van der Waals surface area contributed by atoms with Crippen LogP contribution >= 0.6 is 15.9 Å². The summed E-state index contributed by atoms with van der Waals surface area (Å²) in [4.78, 5) is 16.3. The summed E-state index contributed by atoms with van der Waals surface area (Å²) in [6.45, 7) is 4.56. The Morgan fingerprint density at radius 3 is 2.90 bits per heavy atom. The SMILES string of the molecule is COCCn1ncc(NC(C)c2ncc(C)o2)c(Br)c1=O. The van der Waals surface area contributed by atoms with E-state index in [1.54, 1.807) is 19.5 Å². The second kappa shape index (κ2) is 6.86. The molecule has 0 aliphatic rings. The normalized spacial score (nSPS) is 12.4. The van der Waals surface area contributed by atoms with E-state index in [0.29, 0.717) is 29.2 Å². The number of halogens is 1. The number of nitrogens with zero attached hydrogens (tertiary/aromatic N) is 3. The number of anilines is 1. The highest BCUT2D eigenvalue weighted by atomic mass is 79.9. The van der Waals surface area contributed by atoms with Gasteiger partial charge in [0.25, 0.3) is 5.56 Å². The van der Waals surface area contributed by atoms with Gasteiger partial charge in [-0.05, 0) is 29.8 Å². The van der Waals surface area contributed by atoms with Gasteiger partial charge in [0.1, 0.15) is 16.3 Å². The van der Waals surface area contributed by atoms with E-state index in [4.69, 9.17) is 9.15 Å². The first-order valence-electron chi connectivity index (χ1n) is 6.46. The van der Waals surface area contributed by atoms with Crippen LogP contribution in [0.5, 0.6) is 0 Å². The van der Waals surface area contributed by atoms with Crippen LogP contribution in [0, 0.1) is 6.92 Å². The molecule has 1 unspecified atom stereocenters. The monoisotopic (exact) mass is 356 g/mol. The molecule has 0 fully saturated rings. The number of ether oxygens (including phenoxy) is 1. The topological polar surface area (TPSA) is 82.2 Å². The van der Waals surface area contributed by atoms with Gasteiger partial charge in [-0.25, -0.2) is 9.67 Å². The van der Waals surface area contributed by atoms with E-state index < -0.39 is 0 Å². The van der Waals surface area contributed by atoms with E-state index in [-0.39, 0.29) is 11.6 Å². The highest BCUT2D eigenvalue weighted by Gasteiger charge is 2.15. The lowest BCUT2D eigenvalue weighted by Gasteiger charge is -2.14. The molecule has 2 rings (SSSR count). The molecule has 1 atom stereocenters. The molecule has 2 aromatic heterocycles. The third-order valence-electron chi connectivity index (χ3n) is 2.87. The Bertz CT molecular complexity index is 668. The molecule has 0 radical (unpaired) electrons. The molecule has 0 aliphatic heterocycles. The zero-order valence-corrected chi connectivity index (χ0v) is 13.7. The van der Waals surface area contributed by atoms with Crippen LogP contribution in [0.2, 0.25) is 0 Å². The number of oxazole rings is 1. The standard InChI is InChI=1S/C13H17BrN4O3/c1-8-6-15-12(21-8)9(2)17-10-7-16-18(4-5-20-3)13(19)11(10)14/h6-7,9,17H,4-5H2,1-3H3. The first-order valence-corrected chi connectivity index (χ1v) is 7.25. The maximum atomic E-state index is 12.1. The average Bonchev–Trinajstić information content (AvgIpc) is 2.90. The third kappa shape index (κ3) is 3.70.